The van der Waals surface area contributed by atoms with E-state index in [1.165, 1.54) is 7.11 Å². The predicted molar refractivity (Wildman–Crippen MR) is 57.8 cm³/mol. The van der Waals surface area contributed by atoms with E-state index in [9.17, 15) is 4.79 Å². The molecular weight excluding hydrogens is 194 g/mol. The normalized spacial score (nSPS) is 21.1. The number of carbonyl (C=O) groups is 1. The number of likely N-dealkylation sites (tertiary alicyclic amines) is 1. The molecule has 4 heteroatoms. The lowest BCUT2D eigenvalue weighted by Gasteiger charge is -2.46. The molecule has 0 aliphatic carbocycles. The smallest absolute Gasteiger partial charge is 0.334 e. The van der Waals surface area contributed by atoms with Gasteiger partial charge in [-0.2, -0.15) is 0 Å². The maximum Gasteiger partial charge on any atom is 0.334 e. The SMILES string of the molecule is COC(CN1CC(C(C)(C)C)C1)C(=O)O. The molecule has 0 spiro atoms. The van der Waals surface area contributed by atoms with Crippen LogP contribution in [-0.2, 0) is 9.53 Å². The first-order valence-electron chi connectivity index (χ1n) is 5.32. The van der Waals surface area contributed by atoms with Crippen LogP contribution in [0.3, 0.4) is 0 Å². The third-order valence-corrected chi connectivity index (χ3v) is 3.17. The van der Waals surface area contributed by atoms with E-state index < -0.39 is 12.1 Å². The van der Waals surface area contributed by atoms with Gasteiger partial charge in [0.15, 0.2) is 6.10 Å². The molecule has 1 N–H and O–H groups in total. The third kappa shape index (κ3) is 3.18. The van der Waals surface area contributed by atoms with Crippen molar-refractivity contribution in [3.05, 3.63) is 0 Å². The minimum Gasteiger partial charge on any atom is -0.479 e. The first kappa shape index (κ1) is 12.5. The summed E-state index contributed by atoms with van der Waals surface area (Å²) < 4.78 is 4.90. The number of rotatable bonds is 4. The molecule has 1 atom stereocenters. The summed E-state index contributed by atoms with van der Waals surface area (Å²) in [6, 6.07) is 0. The van der Waals surface area contributed by atoms with E-state index in [-0.39, 0.29) is 0 Å². The van der Waals surface area contributed by atoms with Gasteiger partial charge in [-0.1, -0.05) is 20.8 Å². The molecule has 1 saturated heterocycles. The summed E-state index contributed by atoms with van der Waals surface area (Å²) in [6.45, 7) is 9.13. The van der Waals surface area contributed by atoms with Crippen LogP contribution in [0.2, 0.25) is 0 Å². The number of ether oxygens (including phenoxy) is 1. The predicted octanol–water partition coefficient (Wildman–Crippen LogP) is 1.06. The molecule has 1 rings (SSSR count). The van der Waals surface area contributed by atoms with Gasteiger partial charge in [0.25, 0.3) is 0 Å². The van der Waals surface area contributed by atoms with Gasteiger partial charge in [-0.15, -0.1) is 0 Å². The Morgan fingerprint density at radius 2 is 2.07 bits per heavy atom. The van der Waals surface area contributed by atoms with Crippen LogP contribution in [0.15, 0.2) is 0 Å². The van der Waals surface area contributed by atoms with Crippen LogP contribution in [0, 0.1) is 11.3 Å². The van der Waals surface area contributed by atoms with Crippen LogP contribution in [0.5, 0.6) is 0 Å². The van der Waals surface area contributed by atoms with Gasteiger partial charge in [0.2, 0.25) is 0 Å². The number of aliphatic carboxylic acids is 1. The minimum atomic E-state index is -0.878. The highest BCUT2D eigenvalue weighted by atomic mass is 16.5. The van der Waals surface area contributed by atoms with E-state index in [1.807, 2.05) is 0 Å². The first-order chi connectivity index (χ1) is 6.84. The fraction of sp³-hybridized carbons (Fsp3) is 0.909. The maximum atomic E-state index is 10.7. The number of hydrogen-bond donors (Lipinski definition) is 1. The molecule has 88 valence electrons. The summed E-state index contributed by atoms with van der Waals surface area (Å²) in [5.41, 5.74) is 0.322. The highest BCUT2D eigenvalue weighted by Crippen LogP contribution is 2.33. The van der Waals surface area contributed by atoms with Gasteiger partial charge in [-0.25, -0.2) is 4.79 Å². The first-order valence-corrected chi connectivity index (χ1v) is 5.32. The van der Waals surface area contributed by atoms with Crippen LogP contribution < -0.4 is 0 Å². The van der Waals surface area contributed by atoms with Crippen molar-refractivity contribution in [1.82, 2.24) is 4.90 Å². The lowest BCUT2D eigenvalue weighted by Crippen LogP contribution is -2.55. The summed E-state index contributed by atoms with van der Waals surface area (Å²) in [6.07, 6.45) is -0.689. The highest BCUT2D eigenvalue weighted by molar-refractivity contribution is 5.72. The van der Waals surface area contributed by atoms with Crippen molar-refractivity contribution in [2.24, 2.45) is 11.3 Å². The largest absolute Gasteiger partial charge is 0.479 e. The van der Waals surface area contributed by atoms with Crippen molar-refractivity contribution in [3.8, 4) is 0 Å². The zero-order valence-corrected chi connectivity index (χ0v) is 9.99. The molecule has 0 aromatic carbocycles. The van der Waals surface area contributed by atoms with Crippen LogP contribution in [0.25, 0.3) is 0 Å². The zero-order chi connectivity index (χ0) is 11.6. The van der Waals surface area contributed by atoms with Gasteiger partial charge in [0.05, 0.1) is 0 Å². The molecule has 15 heavy (non-hydrogen) atoms. The summed E-state index contributed by atoms with van der Waals surface area (Å²) in [5.74, 6) is -0.208. The highest BCUT2D eigenvalue weighted by Gasteiger charge is 2.37. The van der Waals surface area contributed by atoms with Crippen molar-refractivity contribution in [1.29, 1.82) is 0 Å². The summed E-state index contributed by atoms with van der Waals surface area (Å²) in [7, 11) is 1.44. The molecule has 1 heterocycles. The van der Waals surface area contributed by atoms with Gasteiger partial charge in [-0.05, 0) is 11.3 Å². The van der Waals surface area contributed by atoms with Crippen LogP contribution >= 0.6 is 0 Å². The molecule has 0 aromatic rings. The second kappa shape index (κ2) is 4.49. The number of nitrogens with zero attached hydrogens (tertiary/aromatic N) is 1. The summed E-state index contributed by atoms with van der Waals surface area (Å²) in [4.78, 5) is 12.9. The minimum absolute atomic E-state index is 0.322. The maximum absolute atomic E-state index is 10.7. The average Bonchev–Trinajstić information content (AvgIpc) is 1.98. The molecule has 1 aliphatic heterocycles. The fourth-order valence-electron chi connectivity index (χ4n) is 1.75. The second-order valence-corrected chi connectivity index (χ2v) is 5.34. The second-order valence-electron chi connectivity index (χ2n) is 5.34. The lowest BCUT2D eigenvalue weighted by atomic mass is 9.76. The molecule has 0 saturated carbocycles. The Balaban J connectivity index is 2.31. The van der Waals surface area contributed by atoms with Crippen molar-refractivity contribution in [2.75, 3.05) is 26.7 Å². The molecule has 0 aromatic heterocycles. The van der Waals surface area contributed by atoms with E-state index in [0.717, 1.165) is 13.1 Å². The van der Waals surface area contributed by atoms with Crippen molar-refractivity contribution < 1.29 is 14.6 Å². The molecule has 1 aliphatic rings. The zero-order valence-electron chi connectivity index (χ0n) is 9.99. The van der Waals surface area contributed by atoms with Crippen LogP contribution in [-0.4, -0.2) is 48.8 Å². The number of methoxy groups -OCH3 is 1. The summed E-state index contributed by atoms with van der Waals surface area (Å²) in [5, 5.41) is 8.82. The Morgan fingerprint density at radius 1 is 1.53 bits per heavy atom. The summed E-state index contributed by atoms with van der Waals surface area (Å²) >= 11 is 0. The molecule has 0 bridgehead atoms. The monoisotopic (exact) mass is 215 g/mol. The van der Waals surface area contributed by atoms with Gasteiger partial charge in [-0.3, -0.25) is 4.90 Å². The Hall–Kier alpha value is -0.610. The Labute approximate surface area is 91.2 Å². The molecular formula is C11H21NO3. The van der Waals surface area contributed by atoms with E-state index in [4.69, 9.17) is 9.84 Å². The van der Waals surface area contributed by atoms with Gasteiger partial charge < -0.3 is 9.84 Å². The Kier molecular flexibility index (Phi) is 3.73. The third-order valence-electron chi connectivity index (χ3n) is 3.17. The van der Waals surface area contributed by atoms with Crippen molar-refractivity contribution >= 4 is 5.97 Å². The van der Waals surface area contributed by atoms with Gasteiger partial charge in [0, 0.05) is 26.7 Å². The number of carboxylic acid groups (broad SMARTS) is 1. The lowest BCUT2D eigenvalue weighted by molar-refractivity contribution is -0.151. The average molecular weight is 215 g/mol. The molecule has 1 unspecified atom stereocenters. The van der Waals surface area contributed by atoms with E-state index in [0.29, 0.717) is 17.9 Å². The molecule has 0 amide bonds. The van der Waals surface area contributed by atoms with E-state index >= 15 is 0 Å². The Morgan fingerprint density at radius 3 is 2.40 bits per heavy atom. The Bertz CT molecular complexity index is 228. The quantitative estimate of drug-likeness (QED) is 0.762. The van der Waals surface area contributed by atoms with Gasteiger partial charge >= 0.3 is 5.97 Å². The van der Waals surface area contributed by atoms with Gasteiger partial charge in [0.1, 0.15) is 0 Å². The van der Waals surface area contributed by atoms with Crippen molar-refractivity contribution in [3.63, 3.8) is 0 Å². The molecule has 0 radical (unpaired) electrons. The van der Waals surface area contributed by atoms with E-state index in [1.54, 1.807) is 0 Å². The number of carboxylic acids is 1. The molecule has 4 nitrogen and oxygen atoms in total. The topological polar surface area (TPSA) is 49.8 Å². The van der Waals surface area contributed by atoms with E-state index in [2.05, 4.69) is 25.7 Å². The van der Waals surface area contributed by atoms with Crippen LogP contribution in [0.1, 0.15) is 20.8 Å². The van der Waals surface area contributed by atoms with Crippen LogP contribution in [0.4, 0.5) is 0 Å². The van der Waals surface area contributed by atoms with Crippen molar-refractivity contribution in [2.45, 2.75) is 26.9 Å². The molecule has 1 fully saturated rings. The standard InChI is InChI=1S/C11H21NO3/c1-11(2,3)8-5-12(6-8)7-9(15-4)10(13)14/h8-9H,5-7H2,1-4H3,(H,13,14). The number of hydrogen-bond acceptors (Lipinski definition) is 3. The fourth-order valence-corrected chi connectivity index (χ4v) is 1.75.